The maximum Gasteiger partial charge on any atom is 0.185 e. The zero-order valence-corrected chi connectivity index (χ0v) is 26.8. The van der Waals surface area contributed by atoms with E-state index in [0.717, 1.165) is 60.9 Å². The van der Waals surface area contributed by atoms with E-state index >= 15 is 0 Å². The van der Waals surface area contributed by atoms with Gasteiger partial charge in [-0.15, -0.1) is 0 Å². The average Bonchev–Trinajstić information content (AvgIpc) is 3.04. The highest BCUT2D eigenvalue weighted by Crippen LogP contribution is 2.49. The Morgan fingerprint density at radius 3 is 2.07 bits per heavy atom. The van der Waals surface area contributed by atoms with E-state index in [0.29, 0.717) is 46.3 Å². The van der Waals surface area contributed by atoms with E-state index in [9.17, 15) is 4.79 Å². The van der Waals surface area contributed by atoms with Crippen molar-refractivity contribution in [2.45, 2.75) is 27.2 Å². The van der Waals surface area contributed by atoms with Crippen molar-refractivity contribution in [3.8, 4) is 51.2 Å². The van der Waals surface area contributed by atoms with Gasteiger partial charge in [0, 0.05) is 39.9 Å². The van der Waals surface area contributed by atoms with Gasteiger partial charge >= 0.3 is 0 Å². The van der Waals surface area contributed by atoms with Crippen molar-refractivity contribution in [3.63, 3.8) is 0 Å². The molecule has 0 fully saturated rings. The zero-order valence-electron chi connectivity index (χ0n) is 26.8. The van der Waals surface area contributed by atoms with Crippen LogP contribution in [0.4, 0.5) is 0 Å². The fourth-order valence-electron chi connectivity index (χ4n) is 6.36. The first-order chi connectivity index (χ1) is 21.7. The summed E-state index contributed by atoms with van der Waals surface area (Å²) in [5.41, 5.74) is 7.84. The molecule has 0 amide bonds. The van der Waals surface area contributed by atoms with E-state index in [-0.39, 0.29) is 5.43 Å². The lowest BCUT2D eigenvalue weighted by molar-refractivity contribution is 0.354. The van der Waals surface area contributed by atoms with Gasteiger partial charge in [0.05, 0.1) is 35.5 Å². The van der Waals surface area contributed by atoms with E-state index in [1.165, 1.54) is 0 Å². The summed E-state index contributed by atoms with van der Waals surface area (Å²) >= 11 is 0. The van der Waals surface area contributed by atoms with Crippen molar-refractivity contribution >= 4 is 21.7 Å². The van der Waals surface area contributed by atoms with Crippen molar-refractivity contribution < 1.29 is 28.1 Å². The van der Waals surface area contributed by atoms with E-state index < -0.39 is 0 Å². The number of hydrogen-bond acceptors (Lipinski definition) is 7. The molecule has 0 unspecified atom stereocenters. The minimum absolute atomic E-state index is 0.0733. The number of benzene rings is 5. The first-order valence-corrected chi connectivity index (χ1v) is 14.7. The number of ether oxygens (including phenoxy) is 5. The molecule has 6 rings (SSSR count). The third-order valence-electron chi connectivity index (χ3n) is 8.57. The van der Waals surface area contributed by atoms with Gasteiger partial charge in [-0.05, 0) is 90.4 Å². The molecule has 0 aromatic heterocycles. The number of rotatable bonds is 8. The highest BCUT2D eigenvalue weighted by molar-refractivity contribution is 6.17. The second-order valence-corrected chi connectivity index (χ2v) is 11.2. The molecule has 0 bridgehead atoms. The molecule has 4 aromatic carbocycles. The average molecular weight is 605 g/mol. The van der Waals surface area contributed by atoms with Crippen LogP contribution in [0.1, 0.15) is 27.8 Å². The third kappa shape index (κ3) is 4.98. The van der Waals surface area contributed by atoms with Crippen LogP contribution in [-0.4, -0.2) is 35.5 Å². The maximum absolute atomic E-state index is 12.8. The van der Waals surface area contributed by atoms with Gasteiger partial charge < -0.3 is 28.1 Å². The van der Waals surface area contributed by atoms with Gasteiger partial charge in [0.1, 0.15) is 17.1 Å². The highest BCUT2D eigenvalue weighted by Gasteiger charge is 2.26. The molecule has 0 atom stereocenters. The second-order valence-electron chi connectivity index (χ2n) is 11.2. The van der Waals surface area contributed by atoms with Crippen LogP contribution in [0.3, 0.4) is 0 Å². The van der Waals surface area contributed by atoms with Crippen LogP contribution < -0.4 is 29.1 Å². The van der Waals surface area contributed by atoms with Crippen LogP contribution in [0.25, 0.3) is 44.2 Å². The fourth-order valence-corrected chi connectivity index (χ4v) is 6.36. The van der Waals surface area contributed by atoms with E-state index in [2.05, 4.69) is 18.2 Å². The van der Waals surface area contributed by atoms with Crippen molar-refractivity contribution in [2.75, 3.05) is 35.5 Å². The third-order valence-corrected chi connectivity index (χ3v) is 8.57. The molecule has 1 aliphatic heterocycles. The number of hydrogen-bond donors (Lipinski definition) is 0. The Morgan fingerprint density at radius 1 is 0.644 bits per heavy atom. The normalized spacial score (nSPS) is 11.3. The Kier molecular flexibility index (Phi) is 7.79. The molecule has 0 saturated carbocycles. The first kappa shape index (κ1) is 29.9. The zero-order chi connectivity index (χ0) is 32.0. The lowest BCUT2D eigenvalue weighted by Crippen LogP contribution is -2.05. The minimum atomic E-state index is -0.0733. The molecule has 0 N–H and O–H groups in total. The fraction of sp³-hybridized carbons (Fsp3) is 0.237. The van der Waals surface area contributed by atoms with Crippen LogP contribution >= 0.6 is 0 Å². The Morgan fingerprint density at radius 2 is 1.38 bits per heavy atom. The molecular weight excluding hydrogens is 568 g/mol. The summed E-state index contributed by atoms with van der Waals surface area (Å²) in [5, 5.41) is 2.82. The minimum Gasteiger partial charge on any atom is -0.496 e. The van der Waals surface area contributed by atoms with Crippen molar-refractivity contribution in [1.29, 1.82) is 0 Å². The monoisotopic (exact) mass is 604 g/mol. The molecule has 1 heterocycles. The maximum atomic E-state index is 12.8. The van der Waals surface area contributed by atoms with Crippen LogP contribution in [-0.2, 0) is 6.42 Å². The predicted molar refractivity (Wildman–Crippen MR) is 178 cm³/mol. The molecule has 0 saturated heterocycles. The summed E-state index contributed by atoms with van der Waals surface area (Å²) < 4.78 is 35.7. The molecule has 1 aliphatic carbocycles. The van der Waals surface area contributed by atoms with Gasteiger partial charge in [0.25, 0.3) is 0 Å². The van der Waals surface area contributed by atoms with Crippen molar-refractivity contribution in [2.24, 2.45) is 0 Å². The molecule has 4 aromatic rings. The molecule has 0 radical (unpaired) electrons. The van der Waals surface area contributed by atoms with Gasteiger partial charge in [-0.2, -0.15) is 0 Å². The Bertz CT molecular complexity index is 2120. The summed E-state index contributed by atoms with van der Waals surface area (Å²) in [6, 6.07) is 19.7. The van der Waals surface area contributed by atoms with E-state index in [1.54, 1.807) is 41.6 Å². The molecule has 0 spiro atoms. The molecule has 7 nitrogen and oxygen atoms in total. The van der Waals surface area contributed by atoms with Gasteiger partial charge in [-0.3, -0.25) is 4.79 Å². The van der Waals surface area contributed by atoms with E-state index in [1.807, 2.05) is 57.2 Å². The van der Waals surface area contributed by atoms with Gasteiger partial charge in [-0.25, -0.2) is 0 Å². The number of aryl methyl sites for hydroxylation is 3. The number of fused-ring (bicyclic) bond motifs is 4. The topological polar surface area (TPSA) is 76.4 Å². The number of methoxy groups -OCH3 is 5. The second kappa shape index (κ2) is 11.7. The quantitative estimate of drug-likeness (QED) is 0.128. The van der Waals surface area contributed by atoms with E-state index in [4.69, 9.17) is 28.1 Å². The molecular formula is C38H36O7. The van der Waals surface area contributed by atoms with Gasteiger partial charge in [0.2, 0.25) is 0 Å². The Labute approximate surface area is 262 Å². The van der Waals surface area contributed by atoms with Crippen LogP contribution in [0.15, 0.2) is 69.9 Å². The molecule has 230 valence electrons. The summed E-state index contributed by atoms with van der Waals surface area (Å²) in [4.78, 5) is 12.8. The van der Waals surface area contributed by atoms with Crippen LogP contribution in [0.5, 0.6) is 28.7 Å². The van der Waals surface area contributed by atoms with Crippen LogP contribution in [0, 0.1) is 20.8 Å². The lowest BCUT2D eigenvalue weighted by atomic mass is 9.85. The smallest absolute Gasteiger partial charge is 0.185 e. The summed E-state index contributed by atoms with van der Waals surface area (Å²) in [6.07, 6.45) is 0.484. The largest absolute Gasteiger partial charge is 0.496 e. The summed E-state index contributed by atoms with van der Waals surface area (Å²) in [7, 11) is 8.22. The Hall–Kier alpha value is -5.17. The first-order valence-electron chi connectivity index (χ1n) is 14.7. The molecule has 2 aliphatic rings. The SMILES string of the molecule is COc1cc(C)ccc1Cc1c(-c2ccc(OC)c(OC)c2)c2cc(OC)c(OC)c(C)c2c2cc3cc(C)c(=O)cc-3oc12. The highest BCUT2D eigenvalue weighted by atomic mass is 16.5. The molecule has 45 heavy (non-hydrogen) atoms. The Balaban J connectivity index is 1.87. The van der Waals surface area contributed by atoms with Crippen molar-refractivity contribution in [1.82, 2.24) is 0 Å². The lowest BCUT2D eigenvalue weighted by Gasteiger charge is -2.23. The van der Waals surface area contributed by atoms with Gasteiger partial charge in [-0.1, -0.05) is 18.2 Å². The predicted octanol–water partition coefficient (Wildman–Crippen LogP) is 8.28. The van der Waals surface area contributed by atoms with Crippen LogP contribution in [0.2, 0.25) is 0 Å². The van der Waals surface area contributed by atoms with Gasteiger partial charge in [0.15, 0.2) is 28.4 Å². The summed E-state index contributed by atoms with van der Waals surface area (Å²) in [5.74, 6) is 3.78. The standard InChI is InChI=1S/C38H36O7/c1-20-9-10-23(31(13-20)41-5)15-28-36(24-11-12-30(40-4)33(17-24)42-6)26-18-34(43-7)37(44-8)22(3)35(26)27-16-25-14-21(2)29(39)19-32(25)45-38(27)28/h9-14,16-19H,15H2,1-8H3. The van der Waals surface area contributed by atoms with Crippen molar-refractivity contribution in [3.05, 3.63) is 98.7 Å². The summed E-state index contributed by atoms with van der Waals surface area (Å²) in [6.45, 7) is 5.89. The molecule has 7 heteroatoms.